The predicted octanol–water partition coefficient (Wildman–Crippen LogP) is 4.23. The molecule has 1 amide bonds. The molecule has 1 aromatic carbocycles. The molecule has 0 aromatic heterocycles. The third kappa shape index (κ3) is 7.07. The molecule has 1 aromatic rings. The Morgan fingerprint density at radius 2 is 2.09 bits per heavy atom. The lowest BCUT2D eigenvalue weighted by Crippen LogP contribution is -2.41. The number of hydrogen-bond donors (Lipinski definition) is 2. The number of nitrogens with zero attached hydrogens (tertiary/aromatic N) is 3. The van der Waals surface area contributed by atoms with Gasteiger partial charge in [-0.15, -0.1) is 24.0 Å². The van der Waals surface area contributed by atoms with E-state index >= 15 is 0 Å². The number of amides is 1. The van der Waals surface area contributed by atoms with E-state index in [0.29, 0.717) is 30.1 Å². The molecule has 2 aliphatic heterocycles. The van der Waals surface area contributed by atoms with E-state index in [4.69, 9.17) is 4.99 Å². The van der Waals surface area contributed by atoms with Gasteiger partial charge in [-0.1, -0.05) is 32.0 Å². The number of carbonyl (C=O) groups is 1. The molecule has 2 aliphatic rings. The van der Waals surface area contributed by atoms with Gasteiger partial charge >= 0.3 is 0 Å². The van der Waals surface area contributed by atoms with Gasteiger partial charge in [-0.3, -0.25) is 9.79 Å². The fourth-order valence-electron chi connectivity index (χ4n) is 4.94. The van der Waals surface area contributed by atoms with Crippen molar-refractivity contribution in [3.63, 3.8) is 0 Å². The normalized spacial score (nSPS) is 19.3. The number of anilines is 1. The molecule has 0 saturated carbocycles. The van der Waals surface area contributed by atoms with Crippen molar-refractivity contribution in [2.24, 2.45) is 16.8 Å². The van der Waals surface area contributed by atoms with Crippen LogP contribution >= 0.6 is 24.0 Å². The lowest BCUT2D eigenvalue weighted by Gasteiger charge is -2.24. The Hall–Kier alpha value is -1.35. The zero-order valence-electron chi connectivity index (χ0n) is 19.9. The van der Waals surface area contributed by atoms with Crippen LogP contribution in [-0.4, -0.2) is 61.2 Å². The molecular weight excluding hydrogens is 515 g/mol. The van der Waals surface area contributed by atoms with Crippen LogP contribution < -0.4 is 10.2 Å². The highest BCUT2D eigenvalue weighted by atomic mass is 127. The second-order valence-electron chi connectivity index (χ2n) is 9.34. The fraction of sp³-hybridized carbons (Fsp3) is 0.680. The minimum atomic E-state index is 0. The van der Waals surface area contributed by atoms with Crippen molar-refractivity contribution >= 4 is 41.5 Å². The molecule has 6 nitrogen and oxygen atoms in total. The number of para-hydroxylation sites is 1. The van der Waals surface area contributed by atoms with Crippen LogP contribution in [0.2, 0.25) is 0 Å². The maximum absolute atomic E-state index is 12.0. The van der Waals surface area contributed by atoms with Crippen LogP contribution in [-0.2, 0) is 4.79 Å². The molecule has 2 unspecified atom stereocenters. The molecule has 2 heterocycles. The van der Waals surface area contributed by atoms with Crippen LogP contribution in [0.15, 0.2) is 29.3 Å². The monoisotopic (exact) mass is 556 g/mol. The van der Waals surface area contributed by atoms with Crippen LogP contribution in [0.25, 0.3) is 0 Å². The average molecular weight is 557 g/mol. The van der Waals surface area contributed by atoms with Gasteiger partial charge in [0.05, 0.1) is 0 Å². The molecule has 0 aliphatic carbocycles. The van der Waals surface area contributed by atoms with Crippen molar-refractivity contribution in [1.29, 1.82) is 0 Å². The van der Waals surface area contributed by atoms with Crippen molar-refractivity contribution in [1.82, 2.24) is 10.2 Å². The number of halogens is 1. The van der Waals surface area contributed by atoms with Gasteiger partial charge in [0.2, 0.25) is 5.91 Å². The summed E-state index contributed by atoms with van der Waals surface area (Å²) in [5.41, 5.74) is 2.58. The minimum Gasteiger partial charge on any atom is -0.396 e. The Bertz CT molecular complexity index is 755. The van der Waals surface area contributed by atoms with Crippen molar-refractivity contribution in [3.05, 3.63) is 29.8 Å². The number of rotatable bonds is 10. The SMILES string of the molecule is CCNC(=NCC(CCO)CC(C)C)N1CC(CCN2CCCC2=O)c2ccccc21.I. The van der Waals surface area contributed by atoms with Crippen LogP contribution in [0.4, 0.5) is 5.69 Å². The molecule has 0 bridgehead atoms. The standard InChI is InChI=1S/C25H40N4O2.HI/c1-4-26-25(27-17-20(12-15-30)16-19(2)3)29-18-21(22-8-5-6-9-23(22)29)11-14-28-13-7-10-24(28)31;/h5-6,8-9,19-21,30H,4,7,10-18H2,1-3H3,(H,26,27);1H. The van der Waals surface area contributed by atoms with E-state index < -0.39 is 0 Å². The van der Waals surface area contributed by atoms with Gasteiger partial charge in [-0.25, -0.2) is 0 Å². The number of likely N-dealkylation sites (tertiary alicyclic amines) is 1. The van der Waals surface area contributed by atoms with Crippen molar-refractivity contribution in [2.45, 2.75) is 58.8 Å². The van der Waals surface area contributed by atoms with Crippen LogP contribution in [0, 0.1) is 11.8 Å². The smallest absolute Gasteiger partial charge is 0.222 e. The Labute approximate surface area is 210 Å². The number of nitrogens with one attached hydrogen (secondary N) is 1. The first-order valence-electron chi connectivity index (χ1n) is 12.1. The first-order valence-corrected chi connectivity index (χ1v) is 12.1. The first-order chi connectivity index (χ1) is 15.0. The zero-order chi connectivity index (χ0) is 22.2. The molecule has 180 valence electrons. The van der Waals surface area contributed by atoms with E-state index in [1.807, 2.05) is 4.90 Å². The Morgan fingerprint density at radius 1 is 1.31 bits per heavy atom. The zero-order valence-corrected chi connectivity index (χ0v) is 22.3. The van der Waals surface area contributed by atoms with Crippen LogP contribution in [0.3, 0.4) is 0 Å². The fourth-order valence-corrected chi connectivity index (χ4v) is 4.94. The summed E-state index contributed by atoms with van der Waals surface area (Å²) in [6.45, 7) is 11.0. The molecule has 2 N–H and O–H groups in total. The third-order valence-corrected chi connectivity index (χ3v) is 6.42. The van der Waals surface area contributed by atoms with Gasteiger partial charge in [0, 0.05) is 57.4 Å². The molecule has 1 saturated heterocycles. The van der Waals surface area contributed by atoms with E-state index in [0.717, 1.165) is 64.4 Å². The minimum absolute atomic E-state index is 0. The summed E-state index contributed by atoms with van der Waals surface area (Å²) in [5.74, 6) is 2.63. The highest BCUT2D eigenvalue weighted by Crippen LogP contribution is 2.38. The molecule has 0 radical (unpaired) electrons. The molecule has 32 heavy (non-hydrogen) atoms. The maximum atomic E-state index is 12.0. The summed E-state index contributed by atoms with van der Waals surface area (Å²) in [7, 11) is 0. The maximum Gasteiger partial charge on any atom is 0.222 e. The number of aliphatic imine (C=N–C) groups is 1. The number of carbonyl (C=O) groups excluding carboxylic acids is 1. The highest BCUT2D eigenvalue weighted by Gasteiger charge is 2.32. The highest BCUT2D eigenvalue weighted by molar-refractivity contribution is 14.0. The van der Waals surface area contributed by atoms with Crippen molar-refractivity contribution in [2.75, 3.05) is 44.2 Å². The third-order valence-electron chi connectivity index (χ3n) is 6.42. The largest absolute Gasteiger partial charge is 0.396 e. The summed E-state index contributed by atoms with van der Waals surface area (Å²) in [6, 6.07) is 8.61. The molecule has 7 heteroatoms. The summed E-state index contributed by atoms with van der Waals surface area (Å²) < 4.78 is 0. The molecule has 1 fully saturated rings. The number of aliphatic hydroxyl groups is 1. The van der Waals surface area contributed by atoms with Crippen LogP contribution in [0.5, 0.6) is 0 Å². The number of benzene rings is 1. The van der Waals surface area contributed by atoms with E-state index in [9.17, 15) is 9.90 Å². The van der Waals surface area contributed by atoms with Gasteiger partial charge in [-0.05, 0) is 56.1 Å². The summed E-state index contributed by atoms with van der Waals surface area (Å²) in [5, 5.41) is 12.9. The molecule has 2 atom stereocenters. The first kappa shape index (κ1) is 26.9. The van der Waals surface area contributed by atoms with Gasteiger partial charge < -0.3 is 20.2 Å². The van der Waals surface area contributed by atoms with Crippen molar-refractivity contribution < 1.29 is 9.90 Å². The second kappa shape index (κ2) is 13.4. The Kier molecular flexibility index (Phi) is 11.2. The summed E-state index contributed by atoms with van der Waals surface area (Å²) in [6.07, 6.45) is 4.56. The summed E-state index contributed by atoms with van der Waals surface area (Å²) >= 11 is 0. The number of aliphatic hydroxyl groups excluding tert-OH is 1. The topological polar surface area (TPSA) is 68.2 Å². The van der Waals surface area contributed by atoms with E-state index in [-0.39, 0.29) is 30.6 Å². The molecular formula is C25H41IN4O2. The number of hydrogen-bond acceptors (Lipinski definition) is 3. The van der Waals surface area contributed by atoms with Gasteiger partial charge in [0.1, 0.15) is 0 Å². The van der Waals surface area contributed by atoms with Crippen LogP contribution in [0.1, 0.15) is 64.4 Å². The molecule has 0 spiro atoms. The van der Waals surface area contributed by atoms with E-state index in [1.165, 1.54) is 11.3 Å². The lowest BCUT2D eigenvalue weighted by atomic mass is 9.94. The van der Waals surface area contributed by atoms with Gasteiger partial charge in [-0.2, -0.15) is 0 Å². The Balaban J connectivity index is 0.00000363. The van der Waals surface area contributed by atoms with Crippen molar-refractivity contribution in [3.8, 4) is 0 Å². The van der Waals surface area contributed by atoms with E-state index in [1.54, 1.807) is 0 Å². The number of guanidine groups is 1. The van der Waals surface area contributed by atoms with Gasteiger partial charge in [0.15, 0.2) is 5.96 Å². The number of fused-ring (bicyclic) bond motifs is 1. The van der Waals surface area contributed by atoms with Gasteiger partial charge in [0.25, 0.3) is 0 Å². The summed E-state index contributed by atoms with van der Waals surface area (Å²) in [4.78, 5) is 21.4. The van der Waals surface area contributed by atoms with E-state index in [2.05, 4.69) is 55.3 Å². The Morgan fingerprint density at radius 3 is 2.75 bits per heavy atom. The quantitative estimate of drug-likeness (QED) is 0.257. The molecule has 3 rings (SSSR count). The average Bonchev–Trinajstić information content (AvgIpc) is 3.32. The second-order valence-corrected chi connectivity index (χ2v) is 9.34. The predicted molar refractivity (Wildman–Crippen MR) is 143 cm³/mol. The lowest BCUT2D eigenvalue weighted by molar-refractivity contribution is -0.127.